The van der Waals surface area contributed by atoms with Crippen LogP contribution in [-0.4, -0.2) is 49.7 Å². The van der Waals surface area contributed by atoms with Crippen molar-refractivity contribution < 1.29 is 13.2 Å². The number of rotatable bonds is 3. The van der Waals surface area contributed by atoms with E-state index in [1.165, 1.54) is 22.1 Å². The van der Waals surface area contributed by atoms with E-state index in [0.29, 0.717) is 42.0 Å². The molecule has 2 aliphatic heterocycles. The first-order valence-corrected chi connectivity index (χ1v) is 11.0. The maximum absolute atomic E-state index is 12.8. The fraction of sp³-hybridized carbons (Fsp3) is 0.706. The van der Waals surface area contributed by atoms with Crippen molar-refractivity contribution in [2.24, 2.45) is 17.8 Å². The number of sulfonamides is 1. The molecule has 24 heavy (non-hydrogen) atoms. The molecule has 1 amide bonds. The molecule has 1 aromatic rings. The van der Waals surface area contributed by atoms with Crippen LogP contribution in [0.5, 0.6) is 0 Å². The number of carbonyl (C=O) groups excluding carboxylic acids is 1. The van der Waals surface area contributed by atoms with E-state index in [4.69, 9.17) is 0 Å². The minimum Gasteiger partial charge on any atom is -0.342 e. The molecular formula is C17H26N2O3S2. The van der Waals surface area contributed by atoms with Gasteiger partial charge in [0.2, 0.25) is 5.91 Å². The molecule has 0 N–H and O–H groups in total. The number of piperidine rings is 2. The summed E-state index contributed by atoms with van der Waals surface area (Å²) in [6, 6.07) is 3.40. The molecule has 2 atom stereocenters. The molecule has 0 unspecified atom stereocenters. The van der Waals surface area contributed by atoms with Crippen molar-refractivity contribution in [2.45, 2.75) is 37.3 Å². The van der Waals surface area contributed by atoms with Gasteiger partial charge in [0.1, 0.15) is 4.21 Å². The Hall–Kier alpha value is -0.920. The van der Waals surface area contributed by atoms with Crippen molar-refractivity contribution in [3.05, 3.63) is 17.5 Å². The Morgan fingerprint density at radius 2 is 1.79 bits per heavy atom. The molecule has 0 radical (unpaired) electrons. The van der Waals surface area contributed by atoms with Gasteiger partial charge in [-0.2, -0.15) is 4.31 Å². The Morgan fingerprint density at radius 1 is 1.17 bits per heavy atom. The topological polar surface area (TPSA) is 57.7 Å². The van der Waals surface area contributed by atoms with Crippen molar-refractivity contribution in [3.8, 4) is 0 Å². The summed E-state index contributed by atoms with van der Waals surface area (Å²) in [5.74, 6) is 1.30. The Labute approximate surface area is 148 Å². The minimum atomic E-state index is -3.38. The summed E-state index contributed by atoms with van der Waals surface area (Å²) in [5, 5.41) is 1.78. The highest BCUT2D eigenvalue weighted by Gasteiger charge is 2.35. The van der Waals surface area contributed by atoms with Crippen LogP contribution in [0.1, 0.15) is 33.1 Å². The van der Waals surface area contributed by atoms with Gasteiger partial charge in [0, 0.05) is 32.1 Å². The van der Waals surface area contributed by atoms with E-state index in [2.05, 4.69) is 13.8 Å². The molecular weight excluding hydrogens is 344 g/mol. The van der Waals surface area contributed by atoms with E-state index in [1.807, 2.05) is 4.90 Å². The molecule has 0 saturated carbocycles. The Kier molecular flexibility index (Phi) is 5.32. The molecule has 134 valence electrons. The largest absolute Gasteiger partial charge is 0.342 e. The zero-order chi connectivity index (χ0) is 17.3. The molecule has 7 heteroatoms. The van der Waals surface area contributed by atoms with Gasteiger partial charge in [0.25, 0.3) is 10.0 Å². The van der Waals surface area contributed by atoms with Gasteiger partial charge in [0.15, 0.2) is 0 Å². The monoisotopic (exact) mass is 370 g/mol. The quantitative estimate of drug-likeness (QED) is 0.822. The molecule has 2 aliphatic rings. The first-order valence-electron chi connectivity index (χ1n) is 8.70. The molecule has 2 saturated heterocycles. The fourth-order valence-electron chi connectivity index (χ4n) is 3.98. The number of hydrogen-bond donors (Lipinski definition) is 0. The van der Waals surface area contributed by atoms with Crippen LogP contribution >= 0.6 is 11.3 Å². The summed E-state index contributed by atoms with van der Waals surface area (Å²) in [4.78, 5) is 14.8. The summed E-state index contributed by atoms with van der Waals surface area (Å²) in [5.41, 5.74) is 0. The zero-order valence-electron chi connectivity index (χ0n) is 14.3. The summed E-state index contributed by atoms with van der Waals surface area (Å²) < 4.78 is 27.0. The van der Waals surface area contributed by atoms with E-state index in [0.717, 1.165) is 13.1 Å². The molecule has 1 aromatic heterocycles. The Morgan fingerprint density at radius 3 is 2.33 bits per heavy atom. The van der Waals surface area contributed by atoms with E-state index in [9.17, 15) is 13.2 Å². The molecule has 0 bridgehead atoms. The first-order chi connectivity index (χ1) is 11.4. The van der Waals surface area contributed by atoms with Crippen molar-refractivity contribution in [1.29, 1.82) is 0 Å². The van der Waals surface area contributed by atoms with E-state index in [1.54, 1.807) is 17.5 Å². The average molecular weight is 371 g/mol. The molecule has 3 heterocycles. The molecule has 0 aromatic carbocycles. The van der Waals surface area contributed by atoms with E-state index >= 15 is 0 Å². The van der Waals surface area contributed by atoms with Crippen LogP contribution in [0.4, 0.5) is 0 Å². The van der Waals surface area contributed by atoms with Gasteiger partial charge in [-0.3, -0.25) is 4.79 Å². The van der Waals surface area contributed by atoms with Gasteiger partial charge in [-0.05, 0) is 42.5 Å². The SMILES string of the molecule is C[C@@H]1C[C@H](C)CN(C(=O)C2CCN(S(=O)(=O)c3cccs3)CC2)C1. The second-order valence-electron chi connectivity index (χ2n) is 7.30. The van der Waals surface area contributed by atoms with E-state index < -0.39 is 10.0 Å². The van der Waals surface area contributed by atoms with Crippen molar-refractivity contribution in [3.63, 3.8) is 0 Å². The lowest BCUT2D eigenvalue weighted by Gasteiger charge is -2.38. The van der Waals surface area contributed by atoms with Crippen molar-refractivity contribution >= 4 is 27.3 Å². The number of likely N-dealkylation sites (tertiary alicyclic amines) is 1. The van der Waals surface area contributed by atoms with Crippen LogP contribution in [-0.2, 0) is 14.8 Å². The highest BCUT2D eigenvalue weighted by atomic mass is 32.2. The molecule has 0 aliphatic carbocycles. The molecule has 3 rings (SSSR count). The Bertz CT molecular complexity index is 654. The van der Waals surface area contributed by atoms with E-state index in [-0.39, 0.29) is 11.8 Å². The summed E-state index contributed by atoms with van der Waals surface area (Å²) in [6.45, 7) is 6.97. The molecule has 2 fully saturated rings. The van der Waals surface area contributed by atoms with Gasteiger partial charge in [-0.25, -0.2) is 8.42 Å². The summed E-state index contributed by atoms with van der Waals surface area (Å²) >= 11 is 1.25. The number of thiophene rings is 1. The number of nitrogens with zero attached hydrogens (tertiary/aromatic N) is 2. The minimum absolute atomic E-state index is 0.0303. The van der Waals surface area contributed by atoms with Crippen LogP contribution in [0.15, 0.2) is 21.7 Å². The van der Waals surface area contributed by atoms with Gasteiger partial charge in [0.05, 0.1) is 0 Å². The zero-order valence-corrected chi connectivity index (χ0v) is 16.0. The first kappa shape index (κ1) is 17.9. The highest BCUT2D eigenvalue weighted by Crippen LogP contribution is 2.29. The van der Waals surface area contributed by atoms with Gasteiger partial charge < -0.3 is 4.90 Å². The maximum atomic E-state index is 12.8. The molecule has 0 spiro atoms. The second-order valence-corrected chi connectivity index (χ2v) is 10.4. The number of carbonyl (C=O) groups is 1. The second kappa shape index (κ2) is 7.14. The predicted octanol–water partition coefficient (Wildman–Crippen LogP) is 2.65. The summed E-state index contributed by atoms with van der Waals surface area (Å²) in [7, 11) is -3.38. The van der Waals surface area contributed by atoms with Crippen LogP contribution in [0.3, 0.4) is 0 Å². The third kappa shape index (κ3) is 3.68. The van der Waals surface area contributed by atoms with Gasteiger partial charge in [-0.15, -0.1) is 11.3 Å². The van der Waals surface area contributed by atoms with Crippen LogP contribution < -0.4 is 0 Å². The van der Waals surface area contributed by atoms with Crippen molar-refractivity contribution in [2.75, 3.05) is 26.2 Å². The smallest absolute Gasteiger partial charge is 0.252 e. The molecule has 5 nitrogen and oxygen atoms in total. The lowest BCUT2D eigenvalue weighted by molar-refractivity contribution is -0.139. The summed E-state index contributed by atoms with van der Waals surface area (Å²) in [6.07, 6.45) is 2.44. The van der Waals surface area contributed by atoms with Crippen LogP contribution in [0.2, 0.25) is 0 Å². The van der Waals surface area contributed by atoms with Crippen LogP contribution in [0, 0.1) is 17.8 Å². The predicted molar refractivity (Wildman–Crippen MR) is 95.3 cm³/mol. The third-order valence-corrected chi connectivity index (χ3v) is 8.34. The third-order valence-electron chi connectivity index (χ3n) is 5.07. The number of hydrogen-bond acceptors (Lipinski definition) is 4. The van der Waals surface area contributed by atoms with Gasteiger partial charge in [-0.1, -0.05) is 19.9 Å². The highest BCUT2D eigenvalue weighted by molar-refractivity contribution is 7.91. The van der Waals surface area contributed by atoms with Crippen LogP contribution in [0.25, 0.3) is 0 Å². The average Bonchev–Trinajstić information content (AvgIpc) is 3.08. The fourth-order valence-corrected chi connectivity index (χ4v) is 6.60. The lowest BCUT2D eigenvalue weighted by Crippen LogP contribution is -2.48. The Balaban J connectivity index is 1.60. The lowest BCUT2D eigenvalue weighted by atomic mass is 9.89. The number of amides is 1. The van der Waals surface area contributed by atoms with Gasteiger partial charge >= 0.3 is 0 Å². The standard InChI is InChI=1S/C17H26N2O3S2/c1-13-10-14(2)12-18(11-13)17(20)15-5-7-19(8-6-15)24(21,22)16-4-3-9-23-16/h3-4,9,13-15H,5-8,10-12H2,1-2H3/t13-,14+. The van der Waals surface area contributed by atoms with Crippen molar-refractivity contribution in [1.82, 2.24) is 9.21 Å². The normalized spacial score (nSPS) is 27.3. The maximum Gasteiger partial charge on any atom is 0.252 e.